The Labute approximate surface area is 245 Å². The summed E-state index contributed by atoms with van der Waals surface area (Å²) < 4.78 is 35.7. The maximum Gasteiger partial charge on any atom is 0.200 e. The minimum atomic E-state index is -0.778. The van der Waals surface area contributed by atoms with E-state index in [9.17, 15) is 8.78 Å². The molecule has 40 heavy (non-hydrogen) atoms. The Hall–Kier alpha value is -1.12. The normalized spacial score (nSPS) is 29.4. The zero-order valence-electron chi connectivity index (χ0n) is 26.0. The van der Waals surface area contributed by atoms with Crippen molar-refractivity contribution >= 4 is 0 Å². The first kappa shape index (κ1) is 31.8. The maximum absolute atomic E-state index is 15.0. The minimum Gasteiger partial charge on any atom is -0.490 e. The predicted molar refractivity (Wildman–Crippen MR) is 165 cm³/mol. The van der Waals surface area contributed by atoms with Gasteiger partial charge in [-0.2, -0.15) is 4.39 Å². The molecule has 0 N–H and O–H groups in total. The second kappa shape index (κ2) is 17.1. The molecule has 3 fully saturated rings. The van der Waals surface area contributed by atoms with Gasteiger partial charge in [-0.05, 0) is 98.5 Å². The summed E-state index contributed by atoms with van der Waals surface area (Å²) in [7, 11) is 0. The van der Waals surface area contributed by atoms with Crippen LogP contribution in [-0.2, 0) is 6.42 Å². The number of hydrogen-bond donors (Lipinski definition) is 0. The maximum atomic E-state index is 15.0. The summed E-state index contributed by atoms with van der Waals surface area (Å²) in [4.78, 5) is 0. The first-order valence-corrected chi connectivity index (χ1v) is 17.7. The Morgan fingerprint density at radius 2 is 1.05 bits per heavy atom. The fraction of sp³-hybridized carbons (Fsp3) is 0.838. The van der Waals surface area contributed by atoms with Crippen molar-refractivity contribution in [2.45, 2.75) is 155 Å². The van der Waals surface area contributed by atoms with Crippen LogP contribution in [0.25, 0.3) is 0 Å². The van der Waals surface area contributed by atoms with Crippen LogP contribution in [0.1, 0.15) is 154 Å². The second-order valence-corrected chi connectivity index (χ2v) is 14.1. The molecule has 0 aliphatic heterocycles. The van der Waals surface area contributed by atoms with E-state index in [1.54, 1.807) is 12.1 Å². The van der Waals surface area contributed by atoms with Gasteiger partial charge in [0.05, 0.1) is 6.61 Å². The Morgan fingerprint density at radius 1 is 0.575 bits per heavy atom. The number of rotatable bonds is 15. The second-order valence-electron chi connectivity index (χ2n) is 14.1. The Morgan fingerprint density at radius 3 is 1.57 bits per heavy atom. The summed E-state index contributed by atoms with van der Waals surface area (Å²) in [6, 6.07) is 3.46. The molecule has 4 rings (SSSR count). The standard InChI is InChI=1S/C37H60F2O/c1-3-5-7-9-28-11-13-31(14-12-28)27-40-35-26-25-34(36(38)37(35)39)24-19-30-17-22-33(23-18-30)32-20-15-29(16-21-32)10-8-6-4-2/h25-26,28-33H,3-24,27H2,1-2H3. The molecule has 3 aliphatic rings. The average Bonchev–Trinajstić information content (AvgIpc) is 2.99. The molecule has 0 heterocycles. The van der Waals surface area contributed by atoms with E-state index in [1.165, 1.54) is 116 Å². The van der Waals surface area contributed by atoms with Crippen molar-refractivity contribution in [3.05, 3.63) is 29.3 Å². The van der Waals surface area contributed by atoms with E-state index in [2.05, 4.69) is 13.8 Å². The molecule has 3 saturated carbocycles. The molecule has 3 heteroatoms. The summed E-state index contributed by atoms with van der Waals surface area (Å²) in [5.41, 5.74) is 0.529. The fourth-order valence-corrected chi connectivity index (χ4v) is 8.39. The van der Waals surface area contributed by atoms with Crippen LogP contribution in [-0.4, -0.2) is 6.61 Å². The lowest BCUT2D eigenvalue weighted by Gasteiger charge is -2.38. The Balaban J connectivity index is 1.13. The first-order valence-electron chi connectivity index (χ1n) is 17.7. The smallest absolute Gasteiger partial charge is 0.200 e. The van der Waals surface area contributed by atoms with Crippen molar-refractivity contribution in [3.8, 4) is 5.75 Å². The molecule has 0 spiro atoms. The monoisotopic (exact) mass is 558 g/mol. The molecule has 0 radical (unpaired) electrons. The molecule has 0 bridgehead atoms. The number of aryl methyl sites for hydroxylation is 1. The number of hydrogen-bond acceptors (Lipinski definition) is 1. The molecular formula is C37H60F2O. The number of unbranched alkanes of at least 4 members (excludes halogenated alkanes) is 4. The number of benzene rings is 1. The molecule has 0 atom stereocenters. The Kier molecular flexibility index (Phi) is 13.6. The van der Waals surface area contributed by atoms with E-state index in [0.29, 0.717) is 30.4 Å². The molecular weight excluding hydrogens is 498 g/mol. The quantitative estimate of drug-likeness (QED) is 0.195. The summed E-state index contributed by atoms with van der Waals surface area (Å²) in [6.45, 7) is 5.07. The summed E-state index contributed by atoms with van der Waals surface area (Å²) >= 11 is 0. The molecule has 1 aromatic rings. The predicted octanol–water partition coefficient (Wildman–Crippen LogP) is 11.9. The van der Waals surface area contributed by atoms with Gasteiger partial charge in [-0.1, -0.05) is 110 Å². The lowest BCUT2D eigenvalue weighted by atomic mass is 9.68. The van der Waals surface area contributed by atoms with E-state index in [4.69, 9.17) is 4.74 Å². The van der Waals surface area contributed by atoms with E-state index in [1.807, 2.05) is 0 Å². The van der Waals surface area contributed by atoms with Crippen molar-refractivity contribution in [1.29, 1.82) is 0 Å². The molecule has 0 amide bonds. The first-order chi connectivity index (χ1) is 19.6. The van der Waals surface area contributed by atoms with Crippen LogP contribution in [0.4, 0.5) is 8.78 Å². The van der Waals surface area contributed by atoms with Gasteiger partial charge in [-0.3, -0.25) is 0 Å². The van der Waals surface area contributed by atoms with Crippen LogP contribution in [0.3, 0.4) is 0 Å². The molecule has 228 valence electrons. The van der Waals surface area contributed by atoms with Crippen molar-refractivity contribution in [1.82, 2.24) is 0 Å². The summed E-state index contributed by atoms with van der Waals surface area (Å²) in [6.07, 6.45) is 28.4. The van der Waals surface area contributed by atoms with Crippen LogP contribution < -0.4 is 4.74 Å². The summed E-state index contributed by atoms with van der Waals surface area (Å²) in [5.74, 6) is 3.49. The zero-order valence-corrected chi connectivity index (χ0v) is 26.0. The molecule has 0 saturated heterocycles. The van der Waals surface area contributed by atoms with Gasteiger partial charge in [0.25, 0.3) is 0 Å². The van der Waals surface area contributed by atoms with E-state index < -0.39 is 11.6 Å². The van der Waals surface area contributed by atoms with E-state index in [0.717, 1.165) is 42.9 Å². The third kappa shape index (κ3) is 9.72. The van der Waals surface area contributed by atoms with Crippen molar-refractivity contribution in [2.75, 3.05) is 6.61 Å². The highest BCUT2D eigenvalue weighted by molar-refractivity contribution is 5.31. The van der Waals surface area contributed by atoms with Crippen LogP contribution in [0.15, 0.2) is 12.1 Å². The highest BCUT2D eigenvalue weighted by Crippen LogP contribution is 2.43. The number of halogens is 2. The van der Waals surface area contributed by atoms with Gasteiger partial charge < -0.3 is 4.74 Å². The van der Waals surface area contributed by atoms with Gasteiger partial charge in [-0.15, -0.1) is 0 Å². The van der Waals surface area contributed by atoms with Gasteiger partial charge >= 0.3 is 0 Å². The van der Waals surface area contributed by atoms with Crippen molar-refractivity contribution in [3.63, 3.8) is 0 Å². The molecule has 3 aliphatic carbocycles. The molecule has 1 nitrogen and oxygen atoms in total. The largest absolute Gasteiger partial charge is 0.490 e. The van der Waals surface area contributed by atoms with Gasteiger partial charge in [0.2, 0.25) is 5.82 Å². The fourth-order valence-electron chi connectivity index (χ4n) is 8.39. The number of ether oxygens (including phenoxy) is 1. The van der Waals surface area contributed by atoms with Gasteiger partial charge in [0, 0.05) is 0 Å². The van der Waals surface area contributed by atoms with Gasteiger partial charge in [0.1, 0.15) is 0 Å². The SMILES string of the molecule is CCCCCC1CCC(COc2ccc(CCC3CCC(C4CCC(CCCCC)CC4)CC3)c(F)c2F)CC1. The van der Waals surface area contributed by atoms with Crippen LogP contribution in [0, 0.1) is 47.1 Å². The van der Waals surface area contributed by atoms with Crippen LogP contribution >= 0.6 is 0 Å². The van der Waals surface area contributed by atoms with Gasteiger partial charge in [0.15, 0.2) is 11.6 Å². The van der Waals surface area contributed by atoms with Crippen molar-refractivity contribution in [2.24, 2.45) is 35.5 Å². The van der Waals surface area contributed by atoms with Crippen LogP contribution in [0.5, 0.6) is 5.75 Å². The minimum absolute atomic E-state index is 0.104. The lowest BCUT2D eigenvalue weighted by molar-refractivity contribution is 0.140. The van der Waals surface area contributed by atoms with E-state index in [-0.39, 0.29) is 5.75 Å². The van der Waals surface area contributed by atoms with Crippen molar-refractivity contribution < 1.29 is 13.5 Å². The Bertz CT molecular complexity index is 829. The zero-order chi connectivity index (χ0) is 28.2. The summed E-state index contributed by atoms with van der Waals surface area (Å²) in [5, 5.41) is 0. The third-order valence-electron chi connectivity index (χ3n) is 11.3. The molecule has 0 aromatic heterocycles. The van der Waals surface area contributed by atoms with Crippen LogP contribution in [0.2, 0.25) is 0 Å². The van der Waals surface area contributed by atoms with Gasteiger partial charge in [-0.25, -0.2) is 4.39 Å². The highest BCUT2D eigenvalue weighted by Gasteiger charge is 2.31. The van der Waals surface area contributed by atoms with E-state index >= 15 is 0 Å². The molecule has 1 aromatic carbocycles. The third-order valence-corrected chi connectivity index (χ3v) is 11.3. The molecule has 0 unspecified atom stereocenters. The average molecular weight is 559 g/mol. The topological polar surface area (TPSA) is 9.23 Å². The lowest BCUT2D eigenvalue weighted by Crippen LogP contribution is -2.26. The highest BCUT2D eigenvalue weighted by atomic mass is 19.2.